The molecule has 0 fully saturated rings. The summed E-state index contributed by atoms with van der Waals surface area (Å²) in [7, 11) is 0. The molecule has 2 N–H and O–H groups in total. The highest BCUT2D eigenvalue weighted by atomic mass is 35.5. The lowest BCUT2D eigenvalue weighted by Crippen LogP contribution is -2.00. The molecule has 3 heteroatoms. The molecular weight excluding hydrogens is 188 g/mol. The maximum atomic E-state index is 9.55. The van der Waals surface area contributed by atoms with Gasteiger partial charge >= 0.3 is 0 Å². The lowest BCUT2D eigenvalue weighted by atomic mass is 10.1. The molecule has 0 spiro atoms. The minimum atomic E-state index is -0.668. The van der Waals surface area contributed by atoms with Gasteiger partial charge in [-0.15, -0.1) is 0 Å². The summed E-state index contributed by atoms with van der Waals surface area (Å²) in [5, 5.41) is 18.7. The third-order valence-electron chi connectivity index (χ3n) is 1.92. The molecular formula is C10H13ClO2. The molecule has 0 aliphatic heterocycles. The van der Waals surface area contributed by atoms with Crippen molar-refractivity contribution in [2.75, 3.05) is 6.61 Å². The third-order valence-corrected chi connectivity index (χ3v) is 2.24. The molecule has 0 aliphatic carbocycles. The highest BCUT2D eigenvalue weighted by Crippen LogP contribution is 2.25. The number of benzene rings is 1. The molecule has 2 nitrogen and oxygen atoms in total. The Morgan fingerprint density at radius 1 is 1.46 bits per heavy atom. The quantitative estimate of drug-likeness (QED) is 0.784. The van der Waals surface area contributed by atoms with Crippen molar-refractivity contribution in [2.24, 2.45) is 0 Å². The van der Waals surface area contributed by atoms with E-state index >= 15 is 0 Å². The molecule has 0 aromatic heterocycles. The van der Waals surface area contributed by atoms with Crippen LogP contribution in [0.15, 0.2) is 18.2 Å². The van der Waals surface area contributed by atoms with Crippen molar-refractivity contribution in [2.45, 2.75) is 19.4 Å². The Labute approximate surface area is 82.8 Å². The van der Waals surface area contributed by atoms with E-state index in [-0.39, 0.29) is 6.61 Å². The molecule has 0 radical (unpaired) electrons. The van der Waals surface area contributed by atoms with Crippen molar-refractivity contribution in [1.29, 1.82) is 0 Å². The summed E-state index contributed by atoms with van der Waals surface area (Å²) in [5.74, 6) is 0. The van der Waals surface area contributed by atoms with E-state index in [9.17, 15) is 5.11 Å². The van der Waals surface area contributed by atoms with Crippen LogP contribution in [0.5, 0.6) is 0 Å². The molecule has 1 aromatic carbocycles. The van der Waals surface area contributed by atoms with Crippen LogP contribution >= 0.6 is 11.6 Å². The normalized spacial score (nSPS) is 12.9. The van der Waals surface area contributed by atoms with Gasteiger partial charge in [-0.2, -0.15) is 0 Å². The maximum absolute atomic E-state index is 9.55. The molecule has 1 atom stereocenters. The zero-order valence-corrected chi connectivity index (χ0v) is 8.25. The van der Waals surface area contributed by atoms with Gasteiger partial charge in [0, 0.05) is 18.1 Å². The topological polar surface area (TPSA) is 40.5 Å². The van der Waals surface area contributed by atoms with Crippen LogP contribution in [0.3, 0.4) is 0 Å². The van der Waals surface area contributed by atoms with Gasteiger partial charge in [0.05, 0.1) is 6.10 Å². The molecule has 1 unspecified atom stereocenters. The predicted octanol–water partition coefficient (Wildman–Crippen LogP) is 2.06. The van der Waals surface area contributed by atoms with E-state index in [4.69, 9.17) is 16.7 Å². The summed E-state index contributed by atoms with van der Waals surface area (Å²) in [4.78, 5) is 0. The Kier molecular flexibility index (Phi) is 3.72. The molecule has 0 heterocycles. The molecule has 0 saturated carbocycles. The Bertz CT molecular complexity index is 286. The van der Waals surface area contributed by atoms with Gasteiger partial charge in [-0.05, 0) is 24.1 Å². The molecule has 0 bridgehead atoms. The highest BCUT2D eigenvalue weighted by Gasteiger charge is 2.10. The Balaban J connectivity index is 2.88. The van der Waals surface area contributed by atoms with Crippen molar-refractivity contribution >= 4 is 11.6 Å². The fourth-order valence-corrected chi connectivity index (χ4v) is 1.54. The van der Waals surface area contributed by atoms with Crippen LogP contribution in [0.25, 0.3) is 0 Å². The standard InChI is InChI=1S/C10H13ClO2/c1-7-2-3-8(9(11)6-7)10(13)4-5-12/h2-3,6,10,12-13H,4-5H2,1H3. The van der Waals surface area contributed by atoms with Gasteiger partial charge < -0.3 is 10.2 Å². The first-order valence-corrected chi connectivity index (χ1v) is 4.58. The second kappa shape index (κ2) is 4.61. The monoisotopic (exact) mass is 200 g/mol. The van der Waals surface area contributed by atoms with Crippen LogP contribution in [0.2, 0.25) is 5.02 Å². The summed E-state index contributed by atoms with van der Waals surface area (Å²) in [5.41, 5.74) is 1.74. The minimum absolute atomic E-state index is 0.0363. The predicted molar refractivity (Wildman–Crippen MR) is 52.9 cm³/mol. The number of aliphatic hydroxyl groups excluding tert-OH is 2. The SMILES string of the molecule is Cc1ccc(C(O)CCO)c(Cl)c1. The van der Waals surface area contributed by atoms with Crippen molar-refractivity contribution in [3.63, 3.8) is 0 Å². The van der Waals surface area contributed by atoms with Gasteiger partial charge in [0.1, 0.15) is 0 Å². The van der Waals surface area contributed by atoms with Gasteiger partial charge in [0.25, 0.3) is 0 Å². The molecule has 0 saturated heterocycles. The van der Waals surface area contributed by atoms with E-state index in [1.165, 1.54) is 0 Å². The molecule has 72 valence electrons. The summed E-state index contributed by atoms with van der Waals surface area (Å²) in [6.07, 6.45) is -0.346. The maximum Gasteiger partial charge on any atom is 0.0826 e. The Hall–Kier alpha value is -0.570. The smallest absolute Gasteiger partial charge is 0.0826 e. The molecule has 1 aromatic rings. The van der Waals surface area contributed by atoms with Crippen molar-refractivity contribution in [1.82, 2.24) is 0 Å². The Morgan fingerprint density at radius 3 is 2.69 bits per heavy atom. The minimum Gasteiger partial charge on any atom is -0.396 e. The lowest BCUT2D eigenvalue weighted by Gasteiger charge is -2.11. The Morgan fingerprint density at radius 2 is 2.15 bits per heavy atom. The molecule has 0 aliphatic rings. The van der Waals surface area contributed by atoms with E-state index in [0.29, 0.717) is 17.0 Å². The zero-order chi connectivity index (χ0) is 9.84. The van der Waals surface area contributed by atoms with Gasteiger partial charge in [-0.1, -0.05) is 23.7 Å². The van der Waals surface area contributed by atoms with Crippen LogP contribution in [-0.2, 0) is 0 Å². The summed E-state index contributed by atoms with van der Waals surface area (Å²) >= 11 is 5.92. The second-order valence-corrected chi connectivity index (χ2v) is 3.46. The van der Waals surface area contributed by atoms with Crippen LogP contribution < -0.4 is 0 Å². The molecule has 13 heavy (non-hydrogen) atoms. The van der Waals surface area contributed by atoms with E-state index in [1.807, 2.05) is 13.0 Å². The lowest BCUT2D eigenvalue weighted by molar-refractivity contribution is 0.134. The van der Waals surface area contributed by atoms with Crippen molar-refractivity contribution < 1.29 is 10.2 Å². The molecule has 0 amide bonds. The van der Waals surface area contributed by atoms with Gasteiger partial charge in [0.2, 0.25) is 0 Å². The van der Waals surface area contributed by atoms with Crippen LogP contribution in [-0.4, -0.2) is 16.8 Å². The van der Waals surface area contributed by atoms with E-state index in [1.54, 1.807) is 12.1 Å². The van der Waals surface area contributed by atoms with E-state index < -0.39 is 6.10 Å². The number of hydrogen-bond acceptors (Lipinski definition) is 2. The first-order valence-electron chi connectivity index (χ1n) is 4.20. The zero-order valence-electron chi connectivity index (χ0n) is 7.50. The summed E-state index contributed by atoms with van der Waals surface area (Å²) < 4.78 is 0. The van der Waals surface area contributed by atoms with E-state index in [2.05, 4.69) is 0 Å². The van der Waals surface area contributed by atoms with Crippen molar-refractivity contribution in [3.8, 4) is 0 Å². The van der Waals surface area contributed by atoms with E-state index in [0.717, 1.165) is 5.56 Å². The highest BCUT2D eigenvalue weighted by molar-refractivity contribution is 6.31. The fourth-order valence-electron chi connectivity index (χ4n) is 1.18. The number of rotatable bonds is 3. The number of aryl methyl sites for hydroxylation is 1. The number of halogens is 1. The average molecular weight is 201 g/mol. The van der Waals surface area contributed by atoms with Crippen LogP contribution in [0, 0.1) is 6.92 Å². The van der Waals surface area contributed by atoms with Crippen LogP contribution in [0.1, 0.15) is 23.7 Å². The molecule has 1 rings (SSSR count). The average Bonchev–Trinajstić information content (AvgIpc) is 2.04. The number of hydrogen-bond donors (Lipinski definition) is 2. The van der Waals surface area contributed by atoms with Crippen LogP contribution in [0.4, 0.5) is 0 Å². The second-order valence-electron chi connectivity index (χ2n) is 3.05. The summed E-state index contributed by atoms with van der Waals surface area (Å²) in [6.45, 7) is 1.90. The largest absolute Gasteiger partial charge is 0.396 e. The third kappa shape index (κ3) is 2.69. The summed E-state index contributed by atoms with van der Waals surface area (Å²) in [6, 6.07) is 5.48. The van der Waals surface area contributed by atoms with Crippen molar-refractivity contribution in [3.05, 3.63) is 34.3 Å². The van der Waals surface area contributed by atoms with Gasteiger partial charge in [0.15, 0.2) is 0 Å². The first-order chi connectivity index (χ1) is 6.15. The van der Waals surface area contributed by atoms with Gasteiger partial charge in [-0.25, -0.2) is 0 Å². The number of aliphatic hydroxyl groups is 2. The first kappa shape index (κ1) is 10.5. The van der Waals surface area contributed by atoms with Gasteiger partial charge in [-0.3, -0.25) is 0 Å². The fraction of sp³-hybridized carbons (Fsp3) is 0.400.